The van der Waals surface area contributed by atoms with Crippen LogP contribution in [0.1, 0.15) is 56.6 Å². The van der Waals surface area contributed by atoms with Crippen LogP contribution in [0.25, 0.3) is 11.3 Å². The molecule has 5 aliphatic rings. The molecule has 2 heterocycles. The van der Waals surface area contributed by atoms with Crippen molar-refractivity contribution < 1.29 is 83.1 Å². The van der Waals surface area contributed by atoms with E-state index in [1.165, 1.54) is 0 Å². The fourth-order valence-electron chi connectivity index (χ4n) is 7.60. The molecule has 4 saturated carbocycles. The molecule has 10 heteroatoms. The predicted octanol–water partition coefficient (Wildman–Crippen LogP) is -3.60. The van der Waals surface area contributed by atoms with Crippen molar-refractivity contribution in [2.24, 2.45) is 17.3 Å². The Kier molecular flexibility index (Phi) is 7.09. The van der Waals surface area contributed by atoms with Crippen LogP contribution in [-0.2, 0) is 9.09 Å². The standard InChI is InChI=1S/C22H27N2O5P.2Na/c25-22-9-14-5-15(10-22)8-21(7-14,12-22)20(29-30(26,27)28)6-18-16-3-1-2-4-17(16)19-11-23-13-24(18)19;;/h1-4,11,13-15,18,20,25H,5-10,12H2,(H2,26,27,28);;/q;2*+1/p-2. The smallest absolute Gasteiger partial charge is 0.790 e. The number of hydrogen-bond acceptors (Lipinski definition) is 6. The second-order valence-electron chi connectivity index (χ2n) is 10.1. The van der Waals surface area contributed by atoms with Gasteiger partial charge in [-0.2, -0.15) is 0 Å². The Hall–Kier alpha value is 0.500. The number of hydrogen-bond donors (Lipinski definition) is 1. The van der Waals surface area contributed by atoms with Crippen LogP contribution in [0.15, 0.2) is 36.8 Å². The van der Waals surface area contributed by atoms with E-state index in [1.807, 2.05) is 30.5 Å². The van der Waals surface area contributed by atoms with Gasteiger partial charge in [0.1, 0.15) is 0 Å². The Bertz CT molecular complexity index is 1040. The maximum atomic E-state index is 11.8. The first kappa shape index (κ1) is 25.6. The van der Waals surface area contributed by atoms with Gasteiger partial charge in [-0.3, -0.25) is 0 Å². The number of imidazole rings is 1. The van der Waals surface area contributed by atoms with Gasteiger partial charge in [-0.05, 0) is 62.3 Å². The molecular weight excluding hydrogens is 449 g/mol. The number of benzene rings is 1. The number of phosphoric ester groups is 1. The predicted molar refractivity (Wildman–Crippen MR) is 105 cm³/mol. The van der Waals surface area contributed by atoms with E-state index in [-0.39, 0.29) is 65.2 Å². The van der Waals surface area contributed by atoms with Crippen molar-refractivity contribution in [1.29, 1.82) is 0 Å². The van der Waals surface area contributed by atoms with E-state index in [2.05, 4.69) is 9.55 Å². The molecule has 0 amide bonds. The molecule has 1 aromatic carbocycles. The molecule has 7 rings (SSSR count). The van der Waals surface area contributed by atoms with Gasteiger partial charge in [0.15, 0.2) is 0 Å². The maximum absolute atomic E-state index is 11.8. The topological polar surface area (TPSA) is 110 Å². The summed E-state index contributed by atoms with van der Waals surface area (Å²) in [6.45, 7) is 0. The molecule has 1 aliphatic heterocycles. The van der Waals surface area contributed by atoms with Gasteiger partial charge < -0.3 is 28.5 Å². The van der Waals surface area contributed by atoms with Crippen LogP contribution in [0, 0.1) is 17.3 Å². The number of aliphatic hydroxyl groups is 1. The van der Waals surface area contributed by atoms with Crippen molar-refractivity contribution in [2.45, 2.75) is 62.7 Å². The molecule has 2 aromatic rings. The maximum Gasteiger partial charge on any atom is 1.00 e. The van der Waals surface area contributed by atoms with E-state index in [0.29, 0.717) is 24.7 Å². The Morgan fingerprint density at radius 3 is 2.53 bits per heavy atom. The SMILES string of the molecule is O=P([O-])([O-])OC(CC1c2ccccc2-c2cncn21)C12CC3CC(CC(O)(C3)C1)C2.[Na+].[Na+]. The van der Waals surface area contributed by atoms with Gasteiger partial charge in [0.2, 0.25) is 0 Å². The van der Waals surface area contributed by atoms with Gasteiger partial charge in [-0.25, -0.2) is 4.98 Å². The third-order valence-electron chi connectivity index (χ3n) is 8.05. The zero-order valence-electron chi connectivity index (χ0n) is 18.6. The summed E-state index contributed by atoms with van der Waals surface area (Å²) < 4.78 is 19.2. The van der Waals surface area contributed by atoms with Gasteiger partial charge in [-0.1, -0.05) is 24.3 Å². The van der Waals surface area contributed by atoms with Crippen molar-refractivity contribution in [1.82, 2.24) is 9.55 Å². The molecule has 160 valence electrons. The number of aromatic nitrogens is 2. The molecular formula is C22H25N2Na2O5P. The molecule has 1 aromatic heterocycles. The molecule has 4 atom stereocenters. The third kappa shape index (κ3) is 4.31. The van der Waals surface area contributed by atoms with E-state index < -0.39 is 24.9 Å². The molecule has 4 bridgehead atoms. The Balaban J connectivity index is 0.00000122. The molecule has 4 unspecified atom stereocenters. The number of fused-ring (bicyclic) bond motifs is 3. The minimum atomic E-state index is -5.18. The van der Waals surface area contributed by atoms with Crippen molar-refractivity contribution in [3.63, 3.8) is 0 Å². The number of nitrogens with zero attached hydrogens (tertiary/aromatic N) is 2. The molecule has 4 aliphatic carbocycles. The summed E-state index contributed by atoms with van der Waals surface area (Å²) in [6.07, 6.45) is 8.01. The van der Waals surface area contributed by atoms with Crippen LogP contribution in [0.3, 0.4) is 0 Å². The van der Waals surface area contributed by atoms with E-state index >= 15 is 0 Å². The summed E-state index contributed by atoms with van der Waals surface area (Å²) in [5, 5.41) is 11.2. The normalized spacial score (nSPS) is 34.9. The Morgan fingerprint density at radius 2 is 1.88 bits per heavy atom. The quantitative estimate of drug-likeness (QED) is 0.354. The van der Waals surface area contributed by atoms with E-state index in [9.17, 15) is 19.5 Å². The first-order chi connectivity index (χ1) is 14.2. The minimum absolute atomic E-state index is 0. The molecule has 4 fully saturated rings. The summed E-state index contributed by atoms with van der Waals surface area (Å²) in [4.78, 5) is 27.9. The van der Waals surface area contributed by atoms with Crippen LogP contribution >= 0.6 is 7.82 Å². The minimum Gasteiger partial charge on any atom is -0.790 e. The first-order valence-electron chi connectivity index (χ1n) is 10.8. The van der Waals surface area contributed by atoms with E-state index in [1.54, 1.807) is 6.33 Å². The van der Waals surface area contributed by atoms with Gasteiger partial charge >= 0.3 is 59.1 Å². The van der Waals surface area contributed by atoms with Crippen LogP contribution in [0.4, 0.5) is 0 Å². The zero-order valence-corrected chi connectivity index (χ0v) is 23.5. The molecule has 0 spiro atoms. The van der Waals surface area contributed by atoms with Gasteiger partial charge in [0.25, 0.3) is 0 Å². The number of rotatable bonds is 5. The second-order valence-corrected chi connectivity index (χ2v) is 11.2. The largest absolute Gasteiger partial charge is 1.00 e. The zero-order chi connectivity index (χ0) is 20.7. The molecule has 0 saturated heterocycles. The molecule has 32 heavy (non-hydrogen) atoms. The molecule has 1 N–H and O–H groups in total. The van der Waals surface area contributed by atoms with Crippen molar-refractivity contribution in [3.05, 3.63) is 42.4 Å². The van der Waals surface area contributed by atoms with Crippen molar-refractivity contribution >= 4 is 7.82 Å². The second kappa shape index (κ2) is 8.86. The van der Waals surface area contributed by atoms with E-state index in [4.69, 9.17) is 4.52 Å². The summed E-state index contributed by atoms with van der Waals surface area (Å²) in [5.41, 5.74) is 1.94. The fraction of sp³-hybridized carbons (Fsp3) is 0.591. The molecule has 0 radical (unpaired) electrons. The average molecular weight is 474 g/mol. The van der Waals surface area contributed by atoms with Gasteiger partial charge in [-0.15, -0.1) is 0 Å². The fourth-order valence-corrected chi connectivity index (χ4v) is 8.22. The van der Waals surface area contributed by atoms with Gasteiger partial charge in [0.05, 0.1) is 43.8 Å². The monoisotopic (exact) mass is 474 g/mol. The van der Waals surface area contributed by atoms with Crippen molar-refractivity contribution in [2.75, 3.05) is 0 Å². The summed E-state index contributed by atoms with van der Waals surface area (Å²) in [5.74, 6) is 0.749. The summed E-state index contributed by atoms with van der Waals surface area (Å²) >= 11 is 0. The summed E-state index contributed by atoms with van der Waals surface area (Å²) in [6, 6.07) is 7.90. The van der Waals surface area contributed by atoms with Gasteiger partial charge in [0, 0.05) is 11.0 Å². The van der Waals surface area contributed by atoms with Crippen LogP contribution < -0.4 is 68.9 Å². The van der Waals surface area contributed by atoms with Crippen molar-refractivity contribution in [3.8, 4) is 11.3 Å². The summed E-state index contributed by atoms with van der Waals surface area (Å²) in [7, 11) is -5.18. The average Bonchev–Trinajstić information content (AvgIpc) is 3.21. The third-order valence-corrected chi connectivity index (χ3v) is 8.56. The number of phosphoric acid groups is 1. The Labute approximate surface area is 232 Å². The van der Waals surface area contributed by atoms with E-state index in [0.717, 1.165) is 48.9 Å². The van der Waals surface area contributed by atoms with Crippen LogP contribution in [-0.4, -0.2) is 26.4 Å². The Morgan fingerprint density at radius 1 is 1.19 bits per heavy atom. The van der Waals surface area contributed by atoms with Crippen LogP contribution in [0.5, 0.6) is 0 Å². The molecule has 7 nitrogen and oxygen atoms in total. The first-order valence-corrected chi connectivity index (χ1v) is 12.2. The van der Waals surface area contributed by atoms with Crippen LogP contribution in [0.2, 0.25) is 0 Å².